The number of aliphatic hydroxyl groups is 1. The van der Waals surface area contributed by atoms with Crippen molar-refractivity contribution in [3.05, 3.63) is 29.8 Å². The highest BCUT2D eigenvalue weighted by Gasteiger charge is 2.62. The van der Waals surface area contributed by atoms with E-state index in [-0.39, 0.29) is 6.61 Å². The zero-order chi connectivity index (χ0) is 20.0. The molecule has 0 radical (unpaired) electrons. The third kappa shape index (κ3) is 4.66. The van der Waals surface area contributed by atoms with Gasteiger partial charge in [0.05, 0.1) is 6.61 Å². The lowest BCUT2D eigenvalue weighted by Gasteiger charge is -2.29. The molecule has 0 saturated carbocycles. The van der Waals surface area contributed by atoms with Crippen molar-refractivity contribution in [2.24, 2.45) is 0 Å². The number of hydrogen-bond donors (Lipinski definition) is 2. The van der Waals surface area contributed by atoms with Gasteiger partial charge in [-0.25, -0.2) is 9.59 Å². The topological polar surface area (TPSA) is 78.9 Å². The predicted molar refractivity (Wildman–Crippen MR) is 89.7 cm³/mol. The molecule has 0 saturated heterocycles. The maximum atomic E-state index is 13.3. The summed E-state index contributed by atoms with van der Waals surface area (Å²) < 4.78 is 44.3. The average molecular weight is 376 g/mol. The molecule has 1 rings (SSSR count). The van der Waals surface area contributed by atoms with E-state index in [2.05, 4.69) is 10.1 Å². The third-order valence-corrected chi connectivity index (χ3v) is 3.76. The van der Waals surface area contributed by atoms with E-state index in [1.165, 1.54) is 31.0 Å². The van der Waals surface area contributed by atoms with Crippen molar-refractivity contribution in [2.45, 2.75) is 38.5 Å². The smallest absolute Gasteiger partial charge is 0.432 e. The molecule has 0 aliphatic carbocycles. The highest BCUT2D eigenvalue weighted by atomic mass is 19.4. The van der Waals surface area contributed by atoms with Crippen LogP contribution in [0.2, 0.25) is 0 Å². The second-order valence-corrected chi connectivity index (χ2v) is 5.62. The maximum Gasteiger partial charge on any atom is 0.432 e. The largest absolute Gasteiger partial charge is 0.463 e. The number of nitrogens with zero attached hydrogens (tertiary/aromatic N) is 1. The van der Waals surface area contributed by atoms with Crippen molar-refractivity contribution in [3.8, 4) is 0 Å². The van der Waals surface area contributed by atoms with Gasteiger partial charge in [-0.2, -0.15) is 13.2 Å². The number of carbonyl (C=O) groups is 2. The van der Waals surface area contributed by atoms with E-state index in [0.29, 0.717) is 12.2 Å². The monoisotopic (exact) mass is 376 g/mol. The molecule has 0 aromatic heterocycles. The highest BCUT2D eigenvalue weighted by molar-refractivity contribution is 5.91. The van der Waals surface area contributed by atoms with Crippen LogP contribution in [0.5, 0.6) is 0 Å². The summed E-state index contributed by atoms with van der Waals surface area (Å²) in [5.41, 5.74) is -4.16. The van der Waals surface area contributed by atoms with Crippen LogP contribution in [-0.2, 0) is 15.1 Å². The second-order valence-electron chi connectivity index (χ2n) is 5.62. The first kappa shape index (κ1) is 21.8. The van der Waals surface area contributed by atoms with E-state index in [4.69, 9.17) is 0 Å². The fraction of sp³-hybridized carbons (Fsp3) is 0.529. The summed E-state index contributed by atoms with van der Waals surface area (Å²) in [6.45, 7) is 3.48. The Bertz CT molecular complexity index is 619. The minimum absolute atomic E-state index is 0.302. The standard InChI is InChI=1S/C17H23F3N2O4/c1-4-6-11-21-15(24)22(3)13-9-7-12(8-10-13)16(25,17(18,19)20)14(23)26-5-2/h7-10,25H,4-6,11H2,1-3H3,(H,21,24). The molecule has 1 atom stereocenters. The Hall–Kier alpha value is -2.29. The maximum absolute atomic E-state index is 13.3. The van der Waals surface area contributed by atoms with Gasteiger partial charge in [0.1, 0.15) is 0 Å². The summed E-state index contributed by atoms with van der Waals surface area (Å²) in [6, 6.07) is 3.89. The van der Waals surface area contributed by atoms with Crippen molar-refractivity contribution in [2.75, 3.05) is 25.1 Å². The van der Waals surface area contributed by atoms with Gasteiger partial charge in [-0.3, -0.25) is 4.90 Å². The number of amides is 2. The van der Waals surface area contributed by atoms with Gasteiger partial charge in [-0.15, -0.1) is 0 Å². The molecule has 2 N–H and O–H groups in total. The third-order valence-electron chi connectivity index (χ3n) is 3.76. The Balaban J connectivity index is 3.06. The quantitative estimate of drug-likeness (QED) is 0.567. The van der Waals surface area contributed by atoms with Crippen molar-refractivity contribution < 1.29 is 32.6 Å². The number of urea groups is 1. The van der Waals surface area contributed by atoms with Crippen LogP contribution in [0.3, 0.4) is 0 Å². The zero-order valence-corrected chi connectivity index (χ0v) is 14.9. The predicted octanol–water partition coefficient (Wildman–Crippen LogP) is 2.95. The van der Waals surface area contributed by atoms with E-state index in [1.807, 2.05) is 6.92 Å². The lowest BCUT2D eigenvalue weighted by molar-refractivity contribution is -0.267. The first-order valence-corrected chi connectivity index (χ1v) is 8.18. The van der Waals surface area contributed by atoms with Crippen LogP contribution in [0.25, 0.3) is 0 Å². The minimum Gasteiger partial charge on any atom is -0.463 e. The molecule has 1 aromatic carbocycles. The van der Waals surface area contributed by atoms with Gasteiger partial charge < -0.3 is 15.2 Å². The van der Waals surface area contributed by atoms with E-state index >= 15 is 0 Å². The van der Waals surface area contributed by atoms with Crippen LogP contribution in [0.15, 0.2) is 24.3 Å². The lowest BCUT2D eigenvalue weighted by Crippen LogP contribution is -2.50. The molecule has 146 valence electrons. The van der Waals surface area contributed by atoms with Crippen molar-refractivity contribution >= 4 is 17.7 Å². The summed E-state index contributed by atoms with van der Waals surface area (Å²) in [4.78, 5) is 24.9. The minimum atomic E-state index is -5.26. The van der Waals surface area contributed by atoms with Crippen LogP contribution < -0.4 is 10.2 Å². The molecule has 1 unspecified atom stereocenters. The van der Waals surface area contributed by atoms with Crippen LogP contribution in [0.4, 0.5) is 23.7 Å². The Labute approximate surface area is 149 Å². The molecule has 0 fully saturated rings. The molecule has 0 aliphatic heterocycles. The molecule has 0 heterocycles. The number of ether oxygens (including phenoxy) is 1. The first-order chi connectivity index (χ1) is 12.1. The van der Waals surface area contributed by atoms with E-state index < -0.39 is 29.3 Å². The Morgan fingerprint density at radius 2 is 1.77 bits per heavy atom. The van der Waals surface area contributed by atoms with Crippen molar-refractivity contribution in [3.63, 3.8) is 0 Å². The average Bonchev–Trinajstić information content (AvgIpc) is 2.59. The van der Waals surface area contributed by atoms with Gasteiger partial charge in [-0.1, -0.05) is 25.5 Å². The molecular formula is C17H23F3N2O4. The number of alkyl halides is 3. The number of nitrogens with one attached hydrogen (secondary N) is 1. The summed E-state index contributed by atoms with van der Waals surface area (Å²) in [7, 11) is 1.46. The lowest BCUT2D eigenvalue weighted by atomic mass is 9.93. The second kappa shape index (κ2) is 8.88. The van der Waals surface area contributed by atoms with Crippen molar-refractivity contribution in [1.82, 2.24) is 5.32 Å². The van der Waals surface area contributed by atoms with E-state index in [0.717, 1.165) is 25.0 Å². The van der Waals surface area contributed by atoms with E-state index in [9.17, 15) is 27.9 Å². The summed E-state index contributed by atoms with van der Waals surface area (Å²) in [5.74, 6) is -1.80. The number of rotatable bonds is 7. The fourth-order valence-electron chi connectivity index (χ4n) is 2.17. The fourth-order valence-corrected chi connectivity index (χ4v) is 2.17. The SMILES string of the molecule is CCCCNC(=O)N(C)c1ccc(C(O)(C(=O)OCC)C(F)(F)F)cc1. The van der Waals surface area contributed by atoms with Crippen LogP contribution in [0.1, 0.15) is 32.3 Å². The van der Waals surface area contributed by atoms with Crippen molar-refractivity contribution in [1.29, 1.82) is 0 Å². The summed E-state index contributed by atoms with van der Waals surface area (Å²) in [5, 5.41) is 12.7. The molecule has 9 heteroatoms. The van der Waals surface area contributed by atoms with Crippen LogP contribution >= 0.6 is 0 Å². The summed E-state index contributed by atoms with van der Waals surface area (Å²) in [6.07, 6.45) is -3.55. The molecule has 2 amide bonds. The van der Waals surface area contributed by atoms with Gasteiger partial charge in [-0.05, 0) is 25.5 Å². The van der Waals surface area contributed by atoms with Gasteiger partial charge >= 0.3 is 18.2 Å². The number of anilines is 1. The Kier molecular flexibility index (Phi) is 7.43. The number of carbonyl (C=O) groups excluding carboxylic acids is 2. The van der Waals surface area contributed by atoms with Crippen LogP contribution in [0, 0.1) is 0 Å². The van der Waals surface area contributed by atoms with Gasteiger partial charge in [0.25, 0.3) is 5.60 Å². The molecule has 0 bridgehead atoms. The van der Waals surface area contributed by atoms with E-state index in [1.54, 1.807) is 0 Å². The molecule has 0 spiro atoms. The number of hydrogen-bond acceptors (Lipinski definition) is 4. The normalized spacial score (nSPS) is 13.7. The summed E-state index contributed by atoms with van der Waals surface area (Å²) >= 11 is 0. The molecule has 0 aliphatic rings. The number of esters is 1. The molecule has 1 aromatic rings. The Morgan fingerprint density at radius 3 is 2.23 bits per heavy atom. The van der Waals surface area contributed by atoms with Gasteiger partial charge in [0.15, 0.2) is 0 Å². The first-order valence-electron chi connectivity index (χ1n) is 8.18. The number of unbranched alkanes of at least 4 members (excludes halogenated alkanes) is 1. The van der Waals surface area contributed by atoms with Gasteiger partial charge in [0, 0.05) is 24.8 Å². The molecular weight excluding hydrogens is 353 g/mol. The van der Waals surface area contributed by atoms with Crippen LogP contribution in [-0.4, -0.2) is 43.5 Å². The molecule has 26 heavy (non-hydrogen) atoms. The van der Waals surface area contributed by atoms with Gasteiger partial charge in [0.2, 0.25) is 0 Å². The molecule has 6 nitrogen and oxygen atoms in total. The highest BCUT2D eigenvalue weighted by Crippen LogP contribution is 2.40. The number of benzene rings is 1. The Morgan fingerprint density at radius 1 is 1.19 bits per heavy atom. The number of halogens is 3. The zero-order valence-electron chi connectivity index (χ0n) is 14.9.